The molecule has 6 heteroatoms. The summed E-state index contributed by atoms with van der Waals surface area (Å²) in [5.74, 6) is -1.08. The van der Waals surface area contributed by atoms with Gasteiger partial charge in [-0.1, -0.05) is 18.2 Å². The van der Waals surface area contributed by atoms with Crippen LogP contribution in [-0.2, 0) is 6.54 Å². The van der Waals surface area contributed by atoms with Gasteiger partial charge in [-0.05, 0) is 11.6 Å². The van der Waals surface area contributed by atoms with Crippen LogP contribution in [0.4, 0.5) is 4.79 Å². The summed E-state index contributed by atoms with van der Waals surface area (Å²) in [6.45, 7) is 8.30. The lowest BCUT2D eigenvalue weighted by Gasteiger charge is -2.19. The third-order valence-corrected chi connectivity index (χ3v) is 2.47. The number of rotatable bonds is 7. The summed E-state index contributed by atoms with van der Waals surface area (Å²) in [5.41, 5.74) is 0.695. The van der Waals surface area contributed by atoms with Crippen LogP contribution in [-0.4, -0.2) is 40.1 Å². The normalized spacial score (nSPS) is 9.60. The van der Waals surface area contributed by atoms with Crippen LogP contribution in [0.3, 0.4) is 0 Å². The molecular weight excluding hydrogens is 258 g/mol. The van der Waals surface area contributed by atoms with Crippen molar-refractivity contribution in [1.29, 1.82) is 0 Å². The second-order valence-electron chi connectivity index (χ2n) is 4.00. The van der Waals surface area contributed by atoms with E-state index in [2.05, 4.69) is 23.5 Å². The predicted molar refractivity (Wildman–Crippen MR) is 75.4 cm³/mol. The van der Waals surface area contributed by atoms with Gasteiger partial charge in [-0.25, -0.2) is 14.6 Å². The minimum absolute atomic E-state index is 0.0278. The molecule has 1 rings (SSSR count). The highest BCUT2D eigenvalue weighted by molar-refractivity contribution is 5.85. The lowest BCUT2D eigenvalue weighted by Crippen LogP contribution is -2.39. The van der Waals surface area contributed by atoms with Gasteiger partial charge in [0.25, 0.3) is 0 Å². The van der Waals surface area contributed by atoms with Crippen molar-refractivity contribution in [3.8, 4) is 0 Å². The van der Waals surface area contributed by atoms with Gasteiger partial charge in [0, 0.05) is 25.8 Å². The number of carboxylic acids is 1. The number of nitrogens with one attached hydrogen (secondary N) is 1. The van der Waals surface area contributed by atoms with Crippen LogP contribution in [0.2, 0.25) is 0 Å². The fraction of sp³-hybridized carbons (Fsp3) is 0.214. The number of hydrogen-bond acceptors (Lipinski definition) is 3. The molecular formula is C14H17N3O3. The summed E-state index contributed by atoms with van der Waals surface area (Å²) in [6, 6.07) is 2.77. The van der Waals surface area contributed by atoms with Crippen molar-refractivity contribution in [2.45, 2.75) is 6.54 Å². The fourth-order valence-electron chi connectivity index (χ4n) is 1.50. The quantitative estimate of drug-likeness (QED) is 0.741. The molecule has 1 aromatic heterocycles. The number of pyridine rings is 1. The molecule has 1 heterocycles. The third kappa shape index (κ3) is 4.56. The topological polar surface area (TPSA) is 82.5 Å². The number of carbonyl (C=O) groups excluding carboxylic acids is 1. The number of nitrogens with zero attached hydrogens (tertiary/aromatic N) is 2. The molecule has 2 N–H and O–H groups in total. The SMILES string of the molecule is C=CCN(CC=C)C(=O)NCc1ccc(C(=O)O)nc1. The number of carboxylic acid groups (broad SMARTS) is 1. The molecule has 0 spiro atoms. The highest BCUT2D eigenvalue weighted by Crippen LogP contribution is 2.01. The monoisotopic (exact) mass is 275 g/mol. The van der Waals surface area contributed by atoms with Crippen molar-refractivity contribution < 1.29 is 14.7 Å². The van der Waals surface area contributed by atoms with Gasteiger partial charge < -0.3 is 15.3 Å². The number of carbonyl (C=O) groups is 2. The van der Waals surface area contributed by atoms with Gasteiger partial charge in [0.15, 0.2) is 0 Å². The molecule has 0 saturated carbocycles. The van der Waals surface area contributed by atoms with Crippen LogP contribution in [0.25, 0.3) is 0 Å². The summed E-state index contributed by atoms with van der Waals surface area (Å²) in [5, 5.41) is 11.4. The zero-order valence-corrected chi connectivity index (χ0v) is 11.1. The van der Waals surface area contributed by atoms with Crippen LogP contribution < -0.4 is 5.32 Å². The average Bonchev–Trinajstić information content (AvgIpc) is 2.45. The zero-order chi connectivity index (χ0) is 15.0. The molecule has 106 valence electrons. The van der Waals surface area contributed by atoms with Crippen LogP contribution in [0.1, 0.15) is 16.1 Å². The number of aromatic carboxylic acids is 1. The fourth-order valence-corrected chi connectivity index (χ4v) is 1.50. The Balaban J connectivity index is 2.56. The Labute approximate surface area is 117 Å². The maximum Gasteiger partial charge on any atom is 0.354 e. The van der Waals surface area contributed by atoms with E-state index in [0.29, 0.717) is 13.1 Å². The van der Waals surface area contributed by atoms with E-state index in [9.17, 15) is 9.59 Å². The smallest absolute Gasteiger partial charge is 0.354 e. The van der Waals surface area contributed by atoms with Gasteiger partial charge in [0.05, 0.1) is 0 Å². The molecule has 1 aromatic rings. The molecule has 0 aromatic carbocycles. The van der Waals surface area contributed by atoms with Gasteiger partial charge in [0.1, 0.15) is 5.69 Å². The van der Waals surface area contributed by atoms with Gasteiger partial charge in [-0.3, -0.25) is 0 Å². The summed E-state index contributed by atoms with van der Waals surface area (Å²) in [4.78, 5) is 27.8. The summed E-state index contributed by atoms with van der Waals surface area (Å²) in [6.07, 6.45) is 4.69. The number of hydrogen-bond donors (Lipinski definition) is 2. The van der Waals surface area contributed by atoms with E-state index in [0.717, 1.165) is 5.56 Å². The zero-order valence-electron chi connectivity index (χ0n) is 11.1. The second kappa shape index (κ2) is 7.73. The molecule has 0 fully saturated rings. The molecule has 0 atom stereocenters. The standard InChI is InChI=1S/C14H17N3O3/c1-3-7-17(8-4-2)14(20)16-10-11-5-6-12(13(18)19)15-9-11/h3-6,9H,1-2,7-8,10H2,(H,16,20)(H,18,19). The van der Waals surface area contributed by atoms with E-state index in [1.54, 1.807) is 23.1 Å². The van der Waals surface area contributed by atoms with Crippen molar-refractivity contribution in [2.75, 3.05) is 13.1 Å². The lowest BCUT2D eigenvalue weighted by molar-refractivity contribution is 0.0690. The Morgan fingerprint density at radius 3 is 2.40 bits per heavy atom. The Hall–Kier alpha value is -2.63. The molecule has 0 aliphatic heterocycles. The first-order chi connectivity index (χ1) is 9.58. The maximum atomic E-state index is 11.9. The molecule has 2 amide bonds. The van der Waals surface area contributed by atoms with E-state index >= 15 is 0 Å². The van der Waals surface area contributed by atoms with E-state index in [1.807, 2.05) is 0 Å². The lowest BCUT2D eigenvalue weighted by atomic mass is 10.2. The first-order valence-electron chi connectivity index (χ1n) is 6.01. The summed E-state index contributed by atoms with van der Waals surface area (Å²) >= 11 is 0. The van der Waals surface area contributed by atoms with Crippen molar-refractivity contribution >= 4 is 12.0 Å². The molecule has 0 radical (unpaired) electrons. The minimum atomic E-state index is -1.08. The van der Waals surface area contributed by atoms with Crippen LogP contribution in [0.5, 0.6) is 0 Å². The maximum absolute atomic E-state index is 11.9. The Morgan fingerprint density at radius 1 is 1.30 bits per heavy atom. The molecule has 0 aliphatic rings. The van der Waals surface area contributed by atoms with Crippen molar-refractivity contribution in [3.63, 3.8) is 0 Å². The van der Waals surface area contributed by atoms with Crippen LogP contribution in [0, 0.1) is 0 Å². The first-order valence-corrected chi connectivity index (χ1v) is 6.01. The highest BCUT2D eigenvalue weighted by Gasteiger charge is 2.10. The van der Waals surface area contributed by atoms with Crippen LogP contribution >= 0.6 is 0 Å². The van der Waals surface area contributed by atoms with E-state index < -0.39 is 5.97 Å². The minimum Gasteiger partial charge on any atom is -0.477 e. The molecule has 6 nitrogen and oxygen atoms in total. The number of aromatic nitrogens is 1. The second-order valence-corrected chi connectivity index (χ2v) is 4.00. The number of urea groups is 1. The predicted octanol–water partition coefficient (Wildman–Crippen LogP) is 1.66. The molecule has 0 saturated heterocycles. The largest absolute Gasteiger partial charge is 0.477 e. The molecule has 0 unspecified atom stereocenters. The highest BCUT2D eigenvalue weighted by atomic mass is 16.4. The molecule has 0 bridgehead atoms. The number of amides is 2. The Bertz CT molecular complexity index is 487. The Kier molecular flexibility index (Phi) is 5.96. The summed E-state index contributed by atoms with van der Waals surface area (Å²) < 4.78 is 0. The van der Waals surface area contributed by atoms with Gasteiger partial charge in [-0.2, -0.15) is 0 Å². The van der Waals surface area contributed by atoms with E-state index in [4.69, 9.17) is 5.11 Å². The van der Waals surface area contributed by atoms with Crippen molar-refractivity contribution in [3.05, 3.63) is 54.9 Å². The molecule has 0 aliphatic carbocycles. The van der Waals surface area contributed by atoms with Gasteiger partial charge in [0.2, 0.25) is 0 Å². The molecule has 20 heavy (non-hydrogen) atoms. The Morgan fingerprint density at radius 2 is 1.95 bits per heavy atom. The van der Waals surface area contributed by atoms with E-state index in [-0.39, 0.29) is 18.3 Å². The van der Waals surface area contributed by atoms with Crippen molar-refractivity contribution in [1.82, 2.24) is 15.2 Å². The van der Waals surface area contributed by atoms with Crippen molar-refractivity contribution in [2.24, 2.45) is 0 Å². The summed E-state index contributed by atoms with van der Waals surface area (Å²) in [7, 11) is 0. The third-order valence-electron chi connectivity index (χ3n) is 2.47. The van der Waals surface area contributed by atoms with Gasteiger partial charge >= 0.3 is 12.0 Å². The average molecular weight is 275 g/mol. The first kappa shape index (κ1) is 15.4. The van der Waals surface area contributed by atoms with E-state index in [1.165, 1.54) is 12.3 Å². The van der Waals surface area contributed by atoms with Crippen LogP contribution in [0.15, 0.2) is 43.6 Å². The van der Waals surface area contributed by atoms with Gasteiger partial charge in [-0.15, -0.1) is 13.2 Å².